The Morgan fingerprint density at radius 2 is 2.08 bits per heavy atom. The van der Waals surface area contributed by atoms with Crippen LogP contribution in [0.2, 0.25) is 0 Å². The summed E-state index contributed by atoms with van der Waals surface area (Å²) in [6, 6.07) is 8.28. The van der Waals surface area contributed by atoms with Crippen LogP contribution in [0.15, 0.2) is 35.6 Å². The molecule has 0 bridgehead atoms. The first kappa shape index (κ1) is 14.9. The number of hydrazone groups is 1. The van der Waals surface area contributed by atoms with Crippen molar-refractivity contribution in [3.63, 3.8) is 0 Å². The maximum absolute atomic E-state index is 4.53. The molecule has 0 amide bonds. The van der Waals surface area contributed by atoms with Gasteiger partial charge in [0, 0.05) is 11.6 Å². The lowest BCUT2D eigenvalue weighted by Crippen LogP contribution is -2.04. The highest BCUT2D eigenvalue weighted by Crippen LogP contribution is 2.26. The van der Waals surface area contributed by atoms with Gasteiger partial charge >= 0.3 is 0 Å². The summed E-state index contributed by atoms with van der Waals surface area (Å²) in [6.45, 7) is 4.15. The van der Waals surface area contributed by atoms with Crippen molar-refractivity contribution in [1.29, 1.82) is 0 Å². The van der Waals surface area contributed by atoms with E-state index in [0.717, 1.165) is 40.7 Å². The monoisotopic (exact) mass is 343 g/mol. The van der Waals surface area contributed by atoms with Gasteiger partial charge in [-0.15, -0.1) is 10.2 Å². The van der Waals surface area contributed by atoms with Crippen LogP contribution in [-0.4, -0.2) is 30.9 Å². The van der Waals surface area contributed by atoms with E-state index < -0.39 is 0 Å². The van der Waals surface area contributed by atoms with Crippen molar-refractivity contribution in [2.75, 3.05) is 5.43 Å². The molecule has 1 aromatic carbocycles. The zero-order chi connectivity index (χ0) is 17.7. The predicted molar refractivity (Wildman–Crippen MR) is 101 cm³/mol. The number of rotatable bonds is 2. The number of nitrogens with zero attached hydrogens (tertiary/aromatic N) is 5. The summed E-state index contributed by atoms with van der Waals surface area (Å²) in [7, 11) is 0. The number of H-pyrrole nitrogens is 1. The van der Waals surface area contributed by atoms with Gasteiger partial charge in [-0.05, 0) is 49.9 Å². The summed E-state index contributed by atoms with van der Waals surface area (Å²) in [5.74, 6) is 0.371. The Kier molecular flexibility index (Phi) is 3.21. The van der Waals surface area contributed by atoms with Crippen LogP contribution in [-0.2, 0) is 6.42 Å². The number of hydrogen-bond acceptors (Lipinski definition) is 6. The van der Waals surface area contributed by atoms with E-state index in [1.165, 1.54) is 16.7 Å². The number of aromatic amines is 1. The second kappa shape index (κ2) is 5.59. The number of hydrogen-bond donors (Lipinski definition) is 2. The summed E-state index contributed by atoms with van der Waals surface area (Å²) in [5.41, 5.74) is 10.9. The number of anilines is 1. The van der Waals surface area contributed by atoms with Gasteiger partial charge in [0.05, 0.1) is 16.9 Å². The Hall–Kier alpha value is -3.35. The Morgan fingerprint density at radius 1 is 1.15 bits per heavy atom. The van der Waals surface area contributed by atoms with Crippen LogP contribution in [0.5, 0.6) is 0 Å². The predicted octanol–water partition coefficient (Wildman–Crippen LogP) is 3.28. The third kappa shape index (κ3) is 2.32. The van der Waals surface area contributed by atoms with Crippen LogP contribution in [0.25, 0.3) is 22.1 Å². The van der Waals surface area contributed by atoms with Crippen LogP contribution in [0.1, 0.15) is 28.8 Å². The summed E-state index contributed by atoms with van der Waals surface area (Å²) < 4.78 is 0. The lowest BCUT2D eigenvalue weighted by molar-refractivity contribution is 1.00. The minimum absolute atomic E-state index is 0.371. The Labute approximate surface area is 149 Å². The molecule has 0 saturated heterocycles. The van der Waals surface area contributed by atoms with Crippen LogP contribution >= 0.6 is 0 Å². The van der Waals surface area contributed by atoms with Gasteiger partial charge in [0.2, 0.25) is 0 Å². The summed E-state index contributed by atoms with van der Waals surface area (Å²) in [5, 5.41) is 14.0. The molecule has 1 aliphatic rings. The maximum Gasteiger partial charge on any atom is 0.265 e. The lowest BCUT2D eigenvalue weighted by atomic mass is 10.1. The number of fused-ring (bicyclic) bond motifs is 4. The number of aryl methyl sites for hydroxylation is 3. The molecule has 0 saturated carbocycles. The molecule has 0 unspecified atom stereocenters. The number of aromatic nitrogens is 5. The third-order valence-corrected chi connectivity index (χ3v) is 4.75. The van der Waals surface area contributed by atoms with Gasteiger partial charge < -0.3 is 4.98 Å². The molecule has 0 atom stereocenters. The van der Waals surface area contributed by atoms with Crippen molar-refractivity contribution < 1.29 is 0 Å². The van der Waals surface area contributed by atoms with Crippen LogP contribution in [0.4, 0.5) is 5.95 Å². The minimum Gasteiger partial charge on any atom is -0.337 e. The van der Waals surface area contributed by atoms with Gasteiger partial charge in [-0.1, -0.05) is 17.7 Å². The first-order chi connectivity index (χ1) is 12.7. The van der Waals surface area contributed by atoms with Crippen molar-refractivity contribution in [2.24, 2.45) is 5.10 Å². The first-order valence-electron chi connectivity index (χ1n) is 8.59. The fourth-order valence-corrected chi connectivity index (χ4v) is 3.58. The Bertz CT molecular complexity index is 1190. The molecule has 2 N–H and O–H groups in total. The van der Waals surface area contributed by atoms with E-state index in [1.807, 2.05) is 6.07 Å². The van der Waals surface area contributed by atoms with Gasteiger partial charge in [0.1, 0.15) is 5.52 Å². The van der Waals surface area contributed by atoms with Crippen molar-refractivity contribution >= 4 is 33.7 Å². The molecule has 7 nitrogen and oxygen atoms in total. The molecule has 0 aliphatic heterocycles. The molecule has 0 spiro atoms. The molecule has 128 valence electrons. The molecular weight excluding hydrogens is 326 g/mol. The van der Waals surface area contributed by atoms with Gasteiger partial charge in [0.25, 0.3) is 5.95 Å². The van der Waals surface area contributed by atoms with Crippen LogP contribution in [0.3, 0.4) is 0 Å². The standard InChI is InChI=1S/C19H17N7/c1-10-8-11(2)15-13(9-10)17-18(21-15)22-19(26-24-17)25-23-14-6-5-12-4-3-7-20-16(12)14/h3-4,7-9H,5-6H2,1-2H3,(H2,21,22,25,26)/b23-14+. The van der Waals surface area contributed by atoms with E-state index in [9.17, 15) is 0 Å². The average molecular weight is 343 g/mol. The molecule has 5 rings (SSSR count). The molecule has 0 fully saturated rings. The van der Waals surface area contributed by atoms with E-state index in [-0.39, 0.29) is 0 Å². The van der Waals surface area contributed by atoms with Crippen molar-refractivity contribution in [1.82, 2.24) is 25.1 Å². The molecular formula is C19H17N7. The minimum atomic E-state index is 0.371. The van der Waals surface area contributed by atoms with E-state index in [4.69, 9.17) is 0 Å². The summed E-state index contributed by atoms with van der Waals surface area (Å²) >= 11 is 0. The number of nitrogens with one attached hydrogen (secondary N) is 2. The van der Waals surface area contributed by atoms with Gasteiger partial charge in [0.15, 0.2) is 5.65 Å². The van der Waals surface area contributed by atoms with E-state index in [1.54, 1.807) is 6.20 Å². The van der Waals surface area contributed by atoms with Crippen LogP contribution in [0, 0.1) is 13.8 Å². The highest BCUT2D eigenvalue weighted by Gasteiger charge is 2.19. The summed E-state index contributed by atoms with van der Waals surface area (Å²) in [6.07, 6.45) is 3.61. The Balaban J connectivity index is 1.52. The summed E-state index contributed by atoms with van der Waals surface area (Å²) in [4.78, 5) is 12.3. The van der Waals surface area contributed by atoms with Gasteiger partial charge in [-0.2, -0.15) is 10.1 Å². The molecule has 1 aliphatic carbocycles. The lowest BCUT2D eigenvalue weighted by Gasteiger charge is -2.00. The van der Waals surface area contributed by atoms with Crippen molar-refractivity contribution in [3.8, 4) is 0 Å². The van der Waals surface area contributed by atoms with Gasteiger partial charge in [-0.3, -0.25) is 4.98 Å². The largest absolute Gasteiger partial charge is 0.337 e. The zero-order valence-electron chi connectivity index (χ0n) is 14.5. The molecule has 3 aromatic heterocycles. The zero-order valence-corrected chi connectivity index (χ0v) is 14.5. The smallest absolute Gasteiger partial charge is 0.265 e. The Morgan fingerprint density at radius 3 is 3.00 bits per heavy atom. The maximum atomic E-state index is 4.53. The molecule has 4 aromatic rings. The van der Waals surface area contributed by atoms with Gasteiger partial charge in [-0.25, -0.2) is 5.43 Å². The second-order valence-electron chi connectivity index (χ2n) is 6.64. The topological polar surface area (TPSA) is 91.7 Å². The average Bonchev–Trinajstić information content (AvgIpc) is 3.21. The number of benzene rings is 1. The quantitative estimate of drug-likeness (QED) is 0.545. The highest BCUT2D eigenvalue weighted by molar-refractivity contribution is 6.05. The molecule has 7 heteroatoms. The van der Waals surface area contributed by atoms with Crippen molar-refractivity contribution in [3.05, 3.63) is 52.8 Å². The fraction of sp³-hybridized carbons (Fsp3) is 0.211. The molecule has 0 radical (unpaired) electrons. The fourth-order valence-electron chi connectivity index (χ4n) is 3.58. The molecule has 26 heavy (non-hydrogen) atoms. The number of pyridine rings is 1. The first-order valence-corrected chi connectivity index (χ1v) is 8.59. The van der Waals surface area contributed by atoms with Crippen molar-refractivity contribution in [2.45, 2.75) is 26.7 Å². The van der Waals surface area contributed by atoms with Crippen LogP contribution < -0.4 is 5.43 Å². The van der Waals surface area contributed by atoms with E-state index >= 15 is 0 Å². The second-order valence-corrected chi connectivity index (χ2v) is 6.64. The normalized spacial score (nSPS) is 15.1. The third-order valence-electron chi connectivity index (χ3n) is 4.75. The van der Waals surface area contributed by atoms with E-state index in [2.05, 4.69) is 67.7 Å². The van der Waals surface area contributed by atoms with E-state index in [0.29, 0.717) is 11.6 Å². The SMILES string of the molecule is Cc1cc(C)c2[nH]c3nc(N/N=C4\CCc5cccnc54)nnc3c2c1. The highest BCUT2D eigenvalue weighted by atomic mass is 15.4. The molecule has 3 heterocycles.